The molecule has 1 aromatic carbocycles. The molecule has 3 atom stereocenters. The number of hydrogen-bond donors (Lipinski definition) is 1. The van der Waals surface area contributed by atoms with Crippen LogP contribution in [-0.4, -0.2) is 42.9 Å². The SMILES string of the molecule is Br.COc1ccc2c3c1O[C@H]1C[C@@H](O)C=C(CCN(C)C2)C31. The van der Waals surface area contributed by atoms with Crippen LogP contribution in [0.4, 0.5) is 0 Å². The van der Waals surface area contributed by atoms with E-state index in [1.165, 1.54) is 16.7 Å². The first-order chi connectivity index (χ1) is 10.2. The molecule has 0 bridgehead atoms. The van der Waals surface area contributed by atoms with Crippen molar-refractivity contribution >= 4 is 17.0 Å². The lowest BCUT2D eigenvalue weighted by Gasteiger charge is -2.32. The van der Waals surface area contributed by atoms with Gasteiger partial charge in [0.25, 0.3) is 0 Å². The van der Waals surface area contributed by atoms with Crippen LogP contribution < -0.4 is 9.47 Å². The first-order valence-electron chi connectivity index (χ1n) is 7.61. The average molecular weight is 368 g/mol. The number of halogens is 1. The fraction of sp³-hybridized carbons (Fsp3) is 0.529. The van der Waals surface area contributed by atoms with Crippen LogP contribution in [0.15, 0.2) is 23.8 Å². The Bertz CT molecular complexity index is 616. The van der Waals surface area contributed by atoms with Gasteiger partial charge in [0.15, 0.2) is 11.5 Å². The highest BCUT2D eigenvalue weighted by atomic mass is 79.9. The summed E-state index contributed by atoms with van der Waals surface area (Å²) in [6, 6.07) is 4.16. The molecule has 0 aromatic heterocycles. The van der Waals surface area contributed by atoms with Crippen molar-refractivity contribution in [1.29, 1.82) is 0 Å². The van der Waals surface area contributed by atoms with Crippen LogP contribution in [0, 0.1) is 0 Å². The van der Waals surface area contributed by atoms with E-state index in [0.29, 0.717) is 12.3 Å². The predicted molar refractivity (Wildman–Crippen MR) is 90.1 cm³/mol. The molecule has 0 fully saturated rings. The summed E-state index contributed by atoms with van der Waals surface area (Å²) < 4.78 is 11.7. The Kier molecular flexibility index (Phi) is 4.23. The van der Waals surface area contributed by atoms with E-state index in [1.54, 1.807) is 7.11 Å². The molecule has 0 spiro atoms. The number of nitrogens with zero attached hydrogens (tertiary/aromatic N) is 1. The molecular formula is C17H22BrNO3. The molecule has 0 saturated heterocycles. The molecule has 3 aliphatic rings. The van der Waals surface area contributed by atoms with E-state index in [-0.39, 0.29) is 23.1 Å². The van der Waals surface area contributed by atoms with Crippen LogP contribution in [-0.2, 0) is 6.54 Å². The number of hydrogen-bond acceptors (Lipinski definition) is 4. The van der Waals surface area contributed by atoms with Gasteiger partial charge in [0.05, 0.1) is 13.2 Å². The first kappa shape index (κ1) is 15.8. The summed E-state index contributed by atoms with van der Waals surface area (Å²) in [6.45, 7) is 1.96. The van der Waals surface area contributed by atoms with Crippen LogP contribution in [0.3, 0.4) is 0 Å². The Morgan fingerprint density at radius 3 is 2.95 bits per heavy atom. The third-order valence-corrected chi connectivity index (χ3v) is 4.92. The van der Waals surface area contributed by atoms with E-state index in [0.717, 1.165) is 31.0 Å². The van der Waals surface area contributed by atoms with Crippen molar-refractivity contribution in [3.8, 4) is 11.5 Å². The standard InChI is InChI=1S/C17H21NO3.BrH/c1-18-6-5-10-7-12(19)8-14-15(10)16-11(9-18)3-4-13(20-2)17(16)21-14;/h3-4,7,12,14-15,19H,5-6,8-9H2,1-2H3;1H/t12-,14-,15?;/m0./s1. The van der Waals surface area contributed by atoms with Crippen LogP contribution >= 0.6 is 17.0 Å². The number of ether oxygens (including phenoxy) is 2. The minimum absolute atomic E-state index is 0. The second-order valence-electron chi connectivity index (χ2n) is 6.34. The van der Waals surface area contributed by atoms with Gasteiger partial charge in [0.1, 0.15) is 6.10 Å². The summed E-state index contributed by atoms with van der Waals surface area (Å²) in [7, 11) is 3.83. The molecule has 4 nitrogen and oxygen atoms in total. The van der Waals surface area contributed by atoms with Crippen molar-refractivity contribution in [1.82, 2.24) is 4.90 Å². The van der Waals surface area contributed by atoms with Gasteiger partial charge in [-0.25, -0.2) is 0 Å². The molecule has 1 unspecified atom stereocenters. The maximum Gasteiger partial charge on any atom is 0.165 e. The molecule has 120 valence electrons. The van der Waals surface area contributed by atoms with Gasteiger partial charge in [-0.3, -0.25) is 0 Å². The summed E-state index contributed by atoms with van der Waals surface area (Å²) in [5, 5.41) is 10.1. The van der Waals surface area contributed by atoms with Gasteiger partial charge in [-0.05, 0) is 25.1 Å². The van der Waals surface area contributed by atoms with Crippen LogP contribution in [0.2, 0.25) is 0 Å². The normalized spacial score (nSPS) is 29.4. The molecule has 2 heterocycles. The molecule has 4 rings (SSSR count). The van der Waals surface area contributed by atoms with E-state index >= 15 is 0 Å². The van der Waals surface area contributed by atoms with E-state index in [1.807, 2.05) is 12.1 Å². The Balaban J connectivity index is 0.00000144. The molecule has 22 heavy (non-hydrogen) atoms. The van der Waals surface area contributed by atoms with Crippen molar-refractivity contribution in [3.05, 3.63) is 34.9 Å². The van der Waals surface area contributed by atoms with Crippen molar-refractivity contribution in [2.45, 2.75) is 37.5 Å². The molecular weight excluding hydrogens is 346 g/mol. The summed E-state index contributed by atoms with van der Waals surface area (Å²) in [5.41, 5.74) is 3.92. The quantitative estimate of drug-likeness (QED) is 0.774. The van der Waals surface area contributed by atoms with Crippen molar-refractivity contribution in [3.63, 3.8) is 0 Å². The highest BCUT2D eigenvalue weighted by molar-refractivity contribution is 8.93. The number of aliphatic hydroxyl groups is 1. The number of rotatable bonds is 1. The zero-order chi connectivity index (χ0) is 14.6. The monoisotopic (exact) mass is 367 g/mol. The summed E-state index contributed by atoms with van der Waals surface area (Å²) in [6.07, 6.45) is 3.36. The first-order valence-corrected chi connectivity index (χ1v) is 7.61. The second-order valence-corrected chi connectivity index (χ2v) is 6.34. The van der Waals surface area contributed by atoms with E-state index in [4.69, 9.17) is 9.47 Å². The molecule has 1 aliphatic carbocycles. The lowest BCUT2D eigenvalue weighted by Crippen LogP contribution is -2.33. The van der Waals surface area contributed by atoms with Crippen molar-refractivity contribution in [2.24, 2.45) is 0 Å². The summed E-state index contributed by atoms with van der Waals surface area (Å²) in [5.74, 6) is 1.99. The number of methoxy groups -OCH3 is 1. The maximum absolute atomic E-state index is 10.1. The van der Waals surface area contributed by atoms with Gasteiger partial charge >= 0.3 is 0 Å². The van der Waals surface area contributed by atoms with Gasteiger partial charge in [0.2, 0.25) is 0 Å². The zero-order valence-corrected chi connectivity index (χ0v) is 14.6. The molecule has 2 aliphatic heterocycles. The molecule has 0 saturated carbocycles. The van der Waals surface area contributed by atoms with Crippen LogP contribution in [0.1, 0.15) is 29.9 Å². The molecule has 1 aromatic rings. The lowest BCUT2D eigenvalue weighted by molar-refractivity contribution is 0.111. The molecule has 0 radical (unpaired) electrons. The van der Waals surface area contributed by atoms with E-state index in [2.05, 4.69) is 18.0 Å². The minimum atomic E-state index is -0.394. The maximum atomic E-state index is 10.1. The smallest absolute Gasteiger partial charge is 0.165 e. The third kappa shape index (κ3) is 2.36. The van der Waals surface area contributed by atoms with Crippen LogP contribution in [0.5, 0.6) is 11.5 Å². The van der Waals surface area contributed by atoms with Crippen molar-refractivity contribution in [2.75, 3.05) is 20.7 Å². The summed E-state index contributed by atoms with van der Waals surface area (Å²) >= 11 is 0. The Hall–Kier alpha value is -1.04. The highest BCUT2D eigenvalue weighted by Gasteiger charge is 2.44. The summed E-state index contributed by atoms with van der Waals surface area (Å²) in [4.78, 5) is 2.33. The second kappa shape index (κ2) is 5.87. The fourth-order valence-electron chi connectivity index (χ4n) is 3.98. The predicted octanol–water partition coefficient (Wildman–Crippen LogP) is 2.64. The third-order valence-electron chi connectivity index (χ3n) is 4.92. The Morgan fingerprint density at radius 1 is 1.36 bits per heavy atom. The molecule has 0 amide bonds. The fourth-order valence-corrected chi connectivity index (χ4v) is 3.98. The number of aliphatic hydroxyl groups excluding tert-OH is 1. The Labute approximate surface area is 141 Å². The average Bonchev–Trinajstić information content (AvgIpc) is 2.82. The van der Waals surface area contributed by atoms with Gasteiger partial charge in [-0.1, -0.05) is 17.7 Å². The van der Waals surface area contributed by atoms with Gasteiger partial charge in [-0.2, -0.15) is 0 Å². The Morgan fingerprint density at radius 2 is 2.18 bits per heavy atom. The van der Waals surface area contributed by atoms with E-state index < -0.39 is 6.10 Å². The largest absolute Gasteiger partial charge is 0.493 e. The zero-order valence-electron chi connectivity index (χ0n) is 12.9. The lowest BCUT2D eigenvalue weighted by atomic mass is 9.77. The molecule has 1 N–H and O–H groups in total. The highest BCUT2D eigenvalue weighted by Crippen LogP contribution is 2.53. The minimum Gasteiger partial charge on any atom is -0.493 e. The van der Waals surface area contributed by atoms with Gasteiger partial charge in [0, 0.05) is 31.0 Å². The molecule has 5 heteroatoms. The van der Waals surface area contributed by atoms with Gasteiger partial charge < -0.3 is 19.5 Å². The van der Waals surface area contributed by atoms with Crippen LogP contribution in [0.25, 0.3) is 0 Å². The topological polar surface area (TPSA) is 41.9 Å². The number of benzene rings is 1. The van der Waals surface area contributed by atoms with Crippen molar-refractivity contribution < 1.29 is 14.6 Å². The van der Waals surface area contributed by atoms with Gasteiger partial charge in [-0.15, -0.1) is 17.0 Å². The van der Waals surface area contributed by atoms with E-state index in [9.17, 15) is 5.11 Å².